The van der Waals surface area contributed by atoms with Crippen LogP contribution in [0.1, 0.15) is 31.8 Å². The molecule has 0 amide bonds. The van der Waals surface area contributed by atoms with Gasteiger partial charge < -0.3 is 9.47 Å². The molecule has 3 aromatic rings. The fourth-order valence-electron chi connectivity index (χ4n) is 2.53. The van der Waals surface area contributed by atoms with Gasteiger partial charge >= 0.3 is 24.3 Å². The number of hydrogen-bond acceptors (Lipinski definition) is 4. The van der Waals surface area contributed by atoms with Crippen molar-refractivity contribution >= 4 is 11.9 Å². The lowest BCUT2D eigenvalue weighted by Crippen LogP contribution is -2.13. The van der Waals surface area contributed by atoms with E-state index in [-0.39, 0.29) is 22.6 Å². The zero-order valence-corrected chi connectivity index (χ0v) is 15.8. The maximum absolute atomic E-state index is 12.6. The lowest BCUT2D eigenvalue weighted by Gasteiger charge is -2.11. The van der Waals surface area contributed by atoms with E-state index >= 15 is 0 Å². The van der Waals surface area contributed by atoms with Crippen LogP contribution in [0.2, 0.25) is 0 Å². The predicted octanol–water partition coefficient (Wildman–Crippen LogP) is 6.16. The highest BCUT2D eigenvalue weighted by molar-refractivity contribution is 5.93. The van der Waals surface area contributed by atoms with Gasteiger partial charge in [0.1, 0.15) is 0 Å². The number of alkyl halides is 6. The molecule has 0 aliphatic rings. The van der Waals surface area contributed by atoms with Gasteiger partial charge in [0.25, 0.3) is 0 Å². The number of carbonyl (C=O) groups is 2. The van der Waals surface area contributed by atoms with Gasteiger partial charge in [-0.3, -0.25) is 0 Å². The Bertz CT molecular complexity index is 1030. The lowest BCUT2D eigenvalue weighted by molar-refractivity contribution is -0.138. The van der Waals surface area contributed by atoms with Gasteiger partial charge in [-0.1, -0.05) is 12.1 Å². The van der Waals surface area contributed by atoms with Crippen LogP contribution in [-0.2, 0) is 12.4 Å². The van der Waals surface area contributed by atoms with Crippen LogP contribution in [0.15, 0.2) is 72.8 Å². The second-order valence-corrected chi connectivity index (χ2v) is 6.38. The smallest absolute Gasteiger partial charge is 0.416 e. The van der Waals surface area contributed by atoms with E-state index in [9.17, 15) is 35.9 Å². The van der Waals surface area contributed by atoms with Crippen molar-refractivity contribution in [3.63, 3.8) is 0 Å². The Labute approximate surface area is 177 Å². The fraction of sp³-hybridized carbons (Fsp3) is 0.0909. The van der Waals surface area contributed by atoms with E-state index in [1.54, 1.807) is 0 Å². The Morgan fingerprint density at radius 2 is 0.844 bits per heavy atom. The number of benzene rings is 3. The Balaban J connectivity index is 1.74. The third-order valence-electron chi connectivity index (χ3n) is 4.15. The summed E-state index contributed by atoms with van der Waals surface area (Å²) >= 11 is 0. The standard InChI is InChI=1S/C22H12F6O4/c23-21(24,25)15-9-5-13(6-10-15)19(29)31-17-3-1-2-4-18(17)32-20(30)14-7-11-16(12-8-14)22(26,27)28/h1-12H. The third-order valence-corrected chi connectivity index (χ3v) is 4.15. The summed E-state index contributed by atoms with van der Waals surface area (Å²) in [4.78, 5) is 24.5. The highest BCUT2D eigenvalue weighted by Crippen LogP contribution is 2.32. The van der Waals surface area contributed by atoms with Gasteiger partial charge in [-0.15, -0.1) is 0 Å². The van der Waals surface area contributed by atoms with Gasteiger partial charge in [-0.25, -0.2) is 9.59 Å². The minimum absolute atomic E-state index is 0.179. The van der Waals surface area contributed by atoms with Crippen molar-refractivity contribution in [2.45, 2.75) is 12.4 Å². The molecule has 0 N–H and O–H groups in total. The van der Waals surface area contributed by atoms with Crippen LogP contribution in [-0.4, -0.2) is 11.9 Å². The molecule has 0 atom stereocenters. The van der Waals surface area contributed by atoms with Crippen LogP contribution in [0.3, 0.4) is 0 Å². The van der Waals surface area contributed by atoms with Gasteiger partial charge in [0, 0.05) is 0 Å². The second-order valence-electron chi connectivity index (χ2n) is 6.38. The Kier molecular flexibility index (Phi) is 6.24. The third kappa shape index (κ3) is 5.45. The summed E-state index contributed by atoms with van der Waals surface area (Å²) in [6.07, 6.45) is -9.14. The highest BCUT2D eigenvalue weighted by Gasteiger charge is 2.31. The zero-order valence-electron chi connectivity index (χ0n) is 15.8. The van der Waals surface area contributed by atoms with Crippen molar-refractivity contribution in [1.29, 1.82) is 0 Å². The quantitative estimate of drug-likeness (QED) is 0.269. The maximum atomic E-state index is 12.6. The number of halogens is 6. The first kappa shape index (κ1) is 22.9. The van der Waals surface area contributed by atoms with E-state index in [4.69, 9.17) is 9.47 Å². The molecule has 166 valence electrons. The van der Waals surface area contributed by atoms with E-state index in [0.717, 1.165) is 24.3 Å². The SMILES string of the molecule is O=C(Oc1ccccc1OC(=O)c1ccc(C(F)(F)F)cc1)c1ccc(C(F)(F)F)cc1. The maximum Gasteiger partial charge on any atom is 0.416 e. The largest absolute Gasteiger partial charge is 0.419 e. The van der Waals surface area contributed by atoms with Crippen molar-refractivity contribution in [2.75, 3.05) is 0 Å². The Morgan fingerprint density at radius 3 is 1.12 bits per heavy atom. The van der Waals surface area contributed by atoms with Gasteiger partial charge in [-0.2, -0.15) is 26.3 Å². The van der Waals surface area contributed by atoms with E-state index in [1.165, 1.54) is 24.3 Å². The van der Waals surface area contributed by atoms with Crippen LogP contribution in [0.25, 0.3) is 0 Å². The number of ether oxygens (including phenoxy) is 2. The predicted molar refractivity (Wildman–Crippen MR) is 99.2 cm³/mol. The second kappa shape index (κ2) is 8.74. The Morgan fingerprint density at radius 1 is 0.531 bits per heavy atom. The highest BCUT2D eigenvalue weighted by atomic mass is 19.4. The minimum atomic E-state index is -4.57. The molecule has 0 unspecified atom stereocenters. The molecule has 0 fully saturated rings. The summed E-state index contributed by atoms with van der Waals surface area (Å²) in [7, 11) is 0. The Hall–Kier alpha value is -3.82. The van der Waals surface area contributed by atoms with Gasteiger partial charge in [0.15, 0.2) is 11.5 Å². The summed E-state index contributed by atoms with van der Waals surface area (Å²) in [5.41, 5.74) is -2.25. The van der Waals surface area contributed by atoms with Crippen molar-refractivity contribution in [1.82, 2.24) is 0 Å². The van der Waals surface area contributed by atoms with Crippen LogP contribution >= 0.6 is 0 Å². The first-order chi connectivity index (χ1) is 14.9. The number of esters is 2. The van der Waals surface area contributed by atoms with Crippen molar-refractivity contribution in [3.05, 3.63) is 95.1 Å². The molecule has 0 aromatic heterocycles. The van der Waals surface area contributed by atoms with Crippen molar-refractivity contribution < 1.29 is 45.4 Å². The monoisotopic (exact) mass is 454 g/mol. The number of hydrogen-bond donors (Lipinski definition) is 0. The summed E-state index contributed by atoms with van der Waals surface area (Å²) in [5.74, 6) is -2.43. The molecule has 0 heterocycles. The van der Waals surface area contributed by atoms with Gasteiger partial charge in [-0.05, 0) is 60.7 Å². The number of para-hydroxylation sites is 2. The van der Waals surface area contributed by atoms with E-state index < -0.39 is 35.4 Å². The molecule has 32 heavy (non-hydrogen) atoms. The first-order valence-corrected chi connectivity index (χ1v) is 8.83. The van der Waals surface area contributed by atoms with Crippen LogP contribution in [0.5, 0.6) is 11.5 Å². The molecule has 0 bridgehead atoms. The molecule has 3 rings (SSSR count). The molecular weight excluding hydrogens is 442 g/mol. The topological polar surface area (TPSA) is 52.6 Å². The van der Waals surface area contributed by atoms with Crippen LogP contribution in [0.4, 0.5) is 26.3 Å². The molecule has 10 heteroatoms. The first-order valence-electron chi connectivity index (χ1n) is 8.83. The summed E-state index contributed by atoms with van der Waals surface area (Å²) in [5, 5.41) is 0. The number of carbonyl (C=O) groups excluding carboxylic acids is 2. The summed E-state index contributed by atoms with van der Waals surface area (Å²) in [6, 6.07) is 12.0. The molecule has 0 aliphatic carbocycles. The average Bonchev–Trinajstić information content (AvgIpc) is 2.74. The molecule has 0 saturated heterocycles. The van der Waals surface area contributed by atoms with Crippen molar-refractivity contribution in [3.8, 4) is 11.5 Å². The van der Waals surface area contributed by atoms with E-state index in [0.29, 0.717) is 24.3 Å². The van der Waals surface area contributed by atoms with Gasteiger partial charge in [0.05, 0.1) is 22.3 Å². The van der Waals surface area contributed by atoms with Crippen LogP contribution in [0, 0.1) is 0 Å². The van der Waals surface area contributed by atoms with Gasteiger partial charge in [0.2, 0.25) is 0 Å². The minimum Gasteiger partial charge on any atom is -0.419 e. The lowest BCUT2D eigenvalue weighted by atomic mass is 10.1. The molecule has 4 nitrogen and oxygen atoms in total. The summed E-state index contributed by atoms with van der Waals surface area (Å²) in [6.45, 7) is 0. The summed E-state index contributed by atoms with van der Waals surface area (Å²) < 4.78 is 86.1. The van der Waals surface area contributed by atoms with Crippen molar-refractivity contribution in [2.24, 2.45) is 0 Å². The molecular formula is C22H12F6O4. The zero-order chi connectivity index (χ0) is 23.5. The normalized spacial score (nSPS) is 11.7. The molecule has 0 radical (unpaired) electrons. The van der Waals surface area contributed by atoms with E-state index in [1.807, 2.05) is 0 Å². The van der Waals surface area contributed by atoms with Crippen LogP contribution < -0.4 is 9.47 Å². The molecule has 0 saturated carbocycles. The molecule has 0 spiro atoms. The van der Waals surface area contributed by atoms with E-state index in [2.05, 4.69) is 0 Å². The molecule has 3 aromatic carbocycles. The number of rotatable bonds is 4. The average molecular weight is 454 g/mol. The fourth-order valence-corrected chi connectivity index (χ4v) is 2.53. The molecule has 0 aliphatic heterocycles.